The minimum Gasteiger partial charge on any atom is -0.480 e. The summed E-state index contributed by atoms with van der Waals surface area (Å²) in [7, 11) is 0. The van der Waals surface area contributed by atoms with Crippen LogP contribution in [0.25, 0.3) is 0 Å². The van der Waals surface area contributed by atoms with Crippen molar-refractivity contribution in [3.63, 3.8) is 0 Å². The number of carboxylic acids is 3. The molecule has 8 nitrogen and oxygen atoms in total. The van der Waals surface area contributed by atoms with Crippen molar-refractivity contribution >= 4 is 23.7 Å². The van der Waals surface area contributed by atoms with Crippen LogP contribution >= 0.6 is 0 Å². The predicted molar refractivity (Wildman–Crippen MR) is 72.1 cm³/mol. The normalized spacial score (nSPS) is 24.0. The van der Waals surface area contributed by atoms with E-state index in [1.807, 2.05) is 0 Å². The molecule has 0 amide bonds. The predicted octanol–water partition coefficient (Wildman–Crippen LogP) is 0.253. The second-order valence-electron chi connectivity index (χ2n) is 4.35. The van der Waals surface area contributed by atoms with Gasteiger partial charge in [-0.3, -0.25) is 9.59 Å². The molecule has 0 radical (unpaired) electrons. The van der Waals surface area contributed by atoms with Crippen LogP contribution in [0.1, 0.15) is 6.92 Å². The van der Waals surface area contributed by atoms with Crippen LogP contribution in [0.15, 0.2) is 36.0 Å². The van der Waals surface area contributed by atoms with E-state index in [2.05, 4.69) is 6.58 Å². The van der Waals surface area contributed by atoms with Gasteiger partial charge in [0.05, 0.1) is 11.1 Å². The number of rotatable bonds is 7. The Labute approximate surface area is 125 Å². The maximum absolute atomic E-state index is 12.1. The quantitative estimate of drug-likeness (QED) is 0.449. The smallest absolute Gasteiger partial charge is 0.336 e. The summed E-state index contributed by atoms with van der Waals surface area (Å²) in [4.78, 5) is 46.3. The van der Waals surface area contributed by atoms with Crippen LogP contribution in [0.3, 0.4) is 0 Å². The van der Waals surface area contributed by atoms with Gasteiger partial charge in [-0.1, -0.05) is 12.7 Å². The van der Waals surface area contributed by atoms with Crippen molar-refractivity contribution in [2.45, 2.75) is 13.0 Å². The molecule has 8 heteroatoms. The van der Waals surface area contributed by atoms with Crippen molar-refractivity contribution in [3.8, 4) is 0 Å². The zero-order valence-electron chi connectivity index (χ0n) is 11.6. The van der Waals surface area contributed by atoms with Crippen LogP contribution in [-0.4, -0.2) is 51.7 Å². The van der Waals surface area contributed by atoms with Gasteiger partial charge in [0.1, 0.15) is 6.10 Å². The van der Waals surface area contributed by atoms with Gasteiger partial charge in [-0.15, -0.1) is 0 Å². The molecule has 0 bridgehead atoms. The molecule has 0 aliphatic heterocycles. The van der Waals surface area contributed by atoms with E-state index >= 15 is 0 Å². The number of carbonyl (C=O) groups is 4. The lowest BCUT2D eigenvalue weighted by atomic mass is 9.70. The molecule has 1 aliphatic rings. The van der Waals surface area contributed by atoms with Crippen LogP contribution in [0.2, 0.25) is 0 Å². The van der Waals surface area contributed by atoms with Gasteiger partial charge >= 0.3 is 17.9 Å². The summed E-state index contributed by atoms with van der Waals surface area (Å²) in [5.41, 5.74) is -3.81. The van der Waals surface area contributed by atoms with Gasteiger partial charge in [0.25, 0.3) is 0 Å². The summed E-state index contributed by atoms with van der Waals surface area (Å²) in [5, 5.41) is 27.8. The SMILES string of the molecule is C=CC(=O)C1(C(=O)O)C=CC(C(=O)O)=C(C(=O)O)C1OCC. The van der Waals surface area contributed by atoms with Gasteiger partial charge in [-0.05, 0) is 19.1 Å². The van der Waals surface area contributed by atoms with Crippen LogP contribution in [0.4, 0.5) is 0 Å². The zero-order chi connectivity index (χ0) is 17.1. The Kier molecular flexibility index (Phi) is 5.00. The van der Waals surface area contributed by atoms with Crippen LogP contribution < -0.4 is 0 Å². The number of ether oxygens (including phenoxy) is 1. The molecule has 0 saturated carbocycles. The monoisotopic (exact) mass is 310 g/mol. The lowest BCUT2D eigenvalue weighted by Gasteiger charge is -2.35. The summed E-state index contributed by atoms with van der Waals surface area (Å²) in [6.07, 6.45) is 0.566. The highest BCUT2D eigenvalue weighted by Crippen LogP contribution is 2.39. The fraction of sp³-hybridized carbons (Fsp3) is 0.286. The van der Waals surface area contributed by atoms with Crippen LogP contribution in [0, 0.1) is 5.41 Å². The zero-order valence-corrected chi connectivity index (χ0v) is 11.6. The first-order valence-electron chi connectivity index (χ1n) is 6.15. The van der Waals surface area contributed by atoms with E-state index < -0.39 is 46.4 Å². The highest BCUT2D eigenvalue weighted by Gasteiger charge is 2.55. The number of carbonyl (C=O) groups excluding carboxylic acids is 1. The highest BCUT2D eigenvalue weighted by molar-refractivity contribution is 6.14. The lowest BCUT2D eigenvalue weighted by molar-refractivity contribution is -0.159. The van der Waals surface area contributed by atoms with Gasteiger partial charge < -0.3 is 20.1 Å². The molecule has 22 heavy (non-hydrogen) atoms. The fourth-order valence-corrected chi connectivity index (χ4v) is 2.23. The minimum absolute atomic E-state index is 0.123. The topological polar surface area (TPSA) is 138 Å². The molecule has 2 unspecified atom stereocenters. The minimum atomic E-state index is -2.37. The average molecular weight is 310 g/mol. The summed E-state index contributed by atoms with van der Waals surface area (Å²) in [6, 6.07) is 0. The first-order valence-corrected chi connectivity index (χ1v) is 6.15. The number of hydrogen-bond donors (Lipinski definition) is 3. The molecule has 0 spiro atoms. The summed E-state index contributed by atoms with van der Waals surface area (Å²) >= 11 is 0. The molecule has 0 heterocycles. The lowest BCUT2D eigenvalue weighted by Crippen LogP contribution is -2.52. The third-order valence-corrected chi connectivity index (χ3v) is 3.22. The van der Waals surface area contributed by atoms with Crippen molar-refractivity contribution in [2.75, 3.05) is 6.61 Å². The molecule has 0 saturated heterocycles. The fourth-order valence-electron chi connectivity index (χ4n) is 2.23. The molecule has 0 fully saturated rings. The third-order valence-electron chi connectivity index (χ3n) is 3.22. The second-order valence-corrected chi connectivity index (χ2v) is 4.35. The van der Waals surface area contributed by atoms with E-state index in [-0.39, 0.29) is 6.61 Å². The summed E-state index contributed by atoms with van der Waals surface area (Å²) in [5.74, 6) is -5.90. The van der Waals surface area contributed by atoms with Gasteiger partial charge in [-0.2, -0.15) is 0 Å². The third kappa shape index (κ3) is 2.56. The van der Waals surface area contributed by atoms with Gasteiger partial charge in [-0.25, -0.2) is 9.59 Å². The molecule has 1 aliphatic carbocycles. The molecular weight excluding hydrogens is 296 g/mol. The molecule has 0 aromatic rings. The van der Waals surface area contributed by atoms with E-state index in [1.165, 1.54) is 6.92 Å². The van der Waals surface area contributed by atoms with E-state index in [0.29, 0.717) is 0 Å². The number of hydrogen-bond acceptors (Lipinski definition) is 5. The van der Waals surface area contributed by atoms with Gasteiger partial charge in [0, 0.05) is 6.61 Å². The summed E-state index contributed by atoms with van der Waals surface area (Å²) < 4.78 is 5.13. The Morgan fingerprint density at radius 2 is 1.86 bits per heavy atom. The highest BCUT2D eigenvalue weighted by atomic mass is 16.5. The van der Waals surface area contributed by atoms with E-state index in [4.69, 9.17) is 9.84 Å². The Morgan fingerprint density at radius 3 is 2.23 bits per heavy atom. The molecule has 0 aromatic heterocycles. The molecule has 3 N–H and O–H groups in total. The largest absolute Gasteiger partial charge is 0.480 e. The molecule has 2 atom stereocenters. The van der Waals surface area contributed by atoms with Crippen molar-refractivity contribution in [1.82, 2.24) is 0 Å². The standard InChI is InChI=1S/C14H14O8/c1-3-8(15)14(13(20)21)6-5-7(11(16)17)9(12(18)19)10(14)22-4-2/h3,5-6,10H,1,4H2,2H3,(H,16,17)(H,18,19)(H,20,21). The second kappa shape index (κ2) is 6.35. The first kappa shape index (κ1) is 17.3. The van der Waals surface area contributed by atoms with E-state index in [0.717, 1.165) is 18.2 Å². The molecule has 0 aromatic carbocycles. The Balaban J connectivity index is 3.72. The van der Waals surface area contributed by atoms with E-state index in [1.54, 1.807) is 0 Å². The van der Waals surface area contributed by atoms with Crippen LogP contribution in [0.5, 0.6) is 0 Å². The van der Waals surface area contributed by atoms with Crippen molar-refractivity contribution in [1.29, 1.82) is 0 Å². The summed E-state index contributed by atoms with van der Waals surface area (Å²) in [6.45, 7) is 4.54. The number of ketones is 1. The molecule has 1 rings (SSSR count). The Morgan fingerprint density at radius 1 is 1.27 bits per heavy atom. The molecular formula is C14H14O8. The number of aliphatic carboxylic acids is 3. The van der Waals surface area contributed by atoms with E-state index in [9.17, 15) is 29.4 Å². The van der Waals surface area contributed by atoms with Crippen molar-refractivity contribution in [2.24, 2.45) is 5.41 Å². The van der Waals surface area contributed by atoms with Gasteiger partial charge in [0.15, 0.2) is 11.2 Å². The van der Waals surface area contributed by atoms with Crippen LogP contribution in [-0.2, 0) is 23.9 Å². The average Bonchev–Trinajstić information content (AvgIpc) is 2.45. The first-order chi connectivity index (χ1) is 10.2. The number of allylic oxidation sites excluding steroid dienone is 1. The molecule has 118 valence electrons. The Hall–Kier alpha value is -2.74. The maximum atomic E-state index is 12.1. The maximum Gasteiger partial charge on any atom is 0.336 e. The Bertz CT molecular complexity index is 612. The van der Waals surface area contributed by atoms with Crippen molar-refractivity contribution < 1.29 is 39.2 Å². The number of carboxylic acid groups (broad SMARTS) is 3. The van der Waals surface area contributed by atoms with Crippen molar-refractivity contribution in [3.05, 3.63) is 36.0 Å². The van der Waals surface area contributed by atoms with Gasteiger partial charge in [0.2, 0.25) is 0 Å².